The van der Waals surface area contributed by atoms with Crippen molar-refractivity contribution in [1.29, 1.82) is 0 Å². The fraction of sp³-hybridized carbons (Fsp3) is 0.222. The van der Waals surface area contributed by atoms with Crippen molar-refractivity contribution in [2.24, 2.45) is 0 Å². The van der Waals surface area contributed by atoms with E-state index in [4.69, 9.17) is 9.47 Å². The van der Waals surface area contributed by atoms with Crippen LogP contribution in [0.3, 0.4) is 0 Å². The molecule has 0 atom stereocenters. The summed E-state index contributed by atoms with van der Waals surface area (Å²) < 4.78 is 11.4. The number of hydrogen-bond acceptors (Lipinski definition) is 4. The van der Waals surface area contributed by atoms with E-state index in [-0.39, 0.29) is 19.1 Å². The minimum atomic E-state index is -0.472. The number of para-hydroxylation sites is 1. The first kappa shape index (κ1) is 18.0. The molecule has 0 radical (unpaired) electrons. The van der Waals surface area contributed by atoms with E-state index >= 15 is 0 Å². The van der Waals surface area contributed by atoms with E-state index in [1.807, 2.05) is 30.3 Å². The van der Waals surface area contributed by atoms with E-state index in [1.54, 1.807) is 24.3 Å². The van der Waals surface area contributed by atoms with Crippen LogP contribution in [0.2, 0.25) is 0 Å². The molecule has 0 fully saturated rings. The van der Waals surface area contributed by atoms with E-state index < -0.39 is 5.97 Å². The molecule has 1 amide bonds. The molecule has 2 rings (SSSR count). The molecule has 0 aromatic heterocycles. The van der Waals surface area contributed by atoms with Gasteiger partial charge < -0.3 is 14.8 Å². The van der Waals surface area contributed by atoms with Crippen molar-refractivity contribution >= 4 is 27.8 Å². The number of halogens is 1. The predicted octanol–water partition coefficient (Wildman–Crippen LogP) is 3.19. The number of rotatable bonds is 8. The third kappa shape index (κ3) is 6.42. The lowest BCUT2D eigenvalue weighted by Gasteiger charge is -2.08. The Labute approximate surface area is 149 Å². The monoisotopic (exact) mass is 391 g/mol. The predicted molar refractivity (Wildman–Crippen MR) is 94.0 cm³/mol. The summed E-state index contributed by atoms with van der Waals surface area (Å²) in [7, 11) is 0. The molecule has 2 aromatic carbocycles. The van der Waals surface area contributed by atoms with Crippen molar-refractivity contribution in [3.05, 3.63) is 64.6 Å². The number of amides is 1. The number of carbonyl (C=O) groups is 2. The lowest BCUT2D eigenvalue weighted by molar-refractivity contribution is -0.142. The molecule has 0 saturated heterocycles. The van der Waals surface area contributed by atoms with Gasteiger partial charge in [0, 0.05) is 16.5 Å². The second-order valence-corrected chi connectivity index (χ2v) is 5.84. The number of hydrogen-bond donors (Lipinski definition) is 1. The molecule has 0 unspecified atom stereocenters. The van der Waals surface area contributed by atoms with Crippen LogP contribution in [0.25, 0.3) is 0 Å². The van der Waals surface area contributed by atoms with Gasteiger partial charge in [-0.2, -0.15) is 0 Å². The molecule has 6 heteroatoms. The Kier molecular flexibility index (Phi) is 7.29. The molecular weight excluding hydrogens is 374 g/mol. The molecule has 0 saturated carbocycles. The Morgan fingerprint density at radius 3 is 2.38 bits per heavy atom. The van der Waals surface area contributed by atoms with Gasteiger partial charge in [-0.25, -0.2) is 0 Å². The molecule has 0 aliphatic carbocycles. The number of benzene rings is 2. The van der Waals surface area contributed by atoms with Crippen LogP contribution < -0.4 is 10.1 Å². The van der Waals surface area contributed by atoms with Crippen molar-refractivity contribution in [3.8, 4) is 5.75 Å². The molecular formula is C18H18BrNO4. The minimum absolute atomic E-state index is 0.158. The van der Waals surface area contributed by atoms with Gasteiger partial charge >= 0.3 is 5.97 Å². The first-order valence-corrected chi connectivity index (χ1v) is 8.31. The highest BCUT2D eigenvalue weighted by atomic mass is 79.9. The molecule has 126 valence electrons. The summed E-state index contributed by atoms with van der Waals surface area (Å²) in [4.78, 5) is 23.4. The normalized spacial score (nSPS) is 10.0. The van der Waals surface area contributed by atoms with Crippen molar-refractivity contribution in [3.63, 3.8) is 0 Å². The third-order valence-corrected chi connectivity index (χ3v) is 3.59. The van der Waals surface area contributed by atoms with Crippen molar-refractivity contribution < 1.29 is 19.1 Å². The van der Waals surface area contributed by atoms with Gasteiger partial charge in [-0.05, 0) is 36.4 Å². The zero-order chi connectivity index (χ0) is 17.2. The minimum Gasteiger partial charge on any atom is -0.493 e. The molecule has 0 heterocycles. The van der Waals surface area contributed by atoms with Crippen LogP contribution >= 0.6 is 15.9 Å². The Bertz CT molecular complexity index is 658. The van der Waals surface area contributed by atoms with E-state index in [1.165, 1.54) is 0 Å². The Morgan fingerprint density at radius 1 is 0.958 bits per heavy atom. The maximum absolute atomic E-state index is 11.8. The summed E-state index contributed by atoms with van der Waals surface area (Å²) in [6.07, 6.45) is 0.585. The lowest BCUT2D eigenvalue weighted by Crippen LogP contribution is -2.30. The second-order valence-electron chi connectivity index (χ2n) is 4.93. The summed E-state index contributed by atoms with van der Waals surface area (Å²) in [5.41, 5.74) is 0.488. The number of esters is 1. The standard InChI is InChI=1S/C18H18BrNO4/c19-15-9-7-14(8-10-15)18(22)20-13-17(21)24-12-4-11-23-16-5-2-1-3-6-16/h1-3,5-10H,4,11-13H2,(H,20,22). The van der Waals surface area contributed by atoms with Crippen LogP contribution in [0.4, 0.5) is 0 Å². The van der Waals surface area contributed by atoms with E-state index in [2.05, 4.69) is 21.2 Å². The largest absolute Gasteiger partial charge is 0.493 e. The van der Waals surface area contributed by atoms with Crippen molar-refractivity contribution in [2.45, 2.75) is 6.42 Å². The molecule has 0 aliphatic rings. The first-order chi connectivity index (χ1) is 11.6. The highest BCUT2D eigenvalue weighted by Crippen LogP contribution is 2.10. The summed E-state index contributed by atoms with van der Waals surface area (Å²) >= 11 is 3.30. The third-order valence-electron chi connectivity index (χ3n) is 3.06. The van der Waals surface area contributed by atoms with Crippen LogP contribution in [0.5, 0.6) is 5.75 Å². The average Bonchev–Trinajstić information content (AvgIpc) is 2.61. The van der Waals surface area contributed by atoms with Crippen LogP contribution in [-0.2, 0) is 9.53 Å². The molecule has 0 bridgehead atoms. The fourth-order valence-corrected chi connectivity index (χ4v) is 2.12. The van der Waals surface area contributed by atoms with Gasteiger partial charge in [0.25, 0.3) is 5.91 Å². The maximum Gasteiger partial charge on any atom is 0.325 e. The Balaban J connectivity index is 1.58. The van der Waals surface area contributed by atoms with Crippen molar-refractivity contribution in [1.82, 2.24) is 5.32 Å². The Hall–Kier alpha value is -2.34. The lowest BCUT2D eigenvalue weighted by atomic mass is 10.2. The smallest absolute Gasteiger partial charge is 0.325 e. The van der Waals surface area contributed by atoms with Gasteiger partial charge in [-0.15, -0.1) is 0 Å². The quantitative estimate of drug-likeness (QED) is 0.554. The van der Waals surface area contributed by atoms with E-state index in [0.717, 1.165) is 10.2 Å². The average molecular weight is 392 g/mol. The molecule has 5 nitrogen and oxygen atoms in total. The van der Waals surface area contributed by atoms with E-state index in [9.17, 15) is 9.59 Å². The number of ether oxygens (including phenoxy) is 2. The van der Waals surface area contributed by atoms with Gasteiger partial charge in [-0.3, -0.25) is 9.59 Å². The topological polar surface area (TPSA) is 64.6 Å². The summed E-state index contributed by atoms with van der Waals surface area (Å²) in [6.45, 7) is 0.552. The molecule has 2 aromatic rings. The van der Waals surface area contributed by atoms with E-state index in [0.29, 0.717) is 18.6 Å². The van der Waals surface area contributed by atoms with Crippen molar-refractivity contribution in [2.75, 3.05) is 19.8 Å². The molecule has 1 N–H and O–H groups in total. The Morgan fingerprint density at radius 2 is 1.67 bits per heavy atom. The van der Waals surface area contributed by atoms with Gasteiger partial charge in [0.05, 0.1) is 13.2 Å². The van der Waals surface area contributed by atoms with Gasteiger partial charge in [0.2, 0.25) is 0 Å². The van der Waals surface area contributed by atoms with Gasteiger partial charge in [-0.1, -0.05) is 34.1 Å². The van der Waals surface area contributed by atoms with Crippen LogP contribution in [0.1, 0.15) is 16.8 Å². The van der Waals surface area contributed by atoms with Gasteiger partial charge in [0.1, 0.15) is 12.3 Å². The van der Waals surface area contributed by atoms with Gasteiger partial charge in [0.15, 0.2) is 0 Å². The number of carbonyl (C=O) groups excluding carboxylic acids is 2. The van der Waals surface area contributed by atoms with Crippen LogP contribution in [0.15, 0.2) is 59.1 Å². The zero-order valence-corrected chi connectivity index (χ0v) is 14.6. The summed E-state index contributed by atoms with van der Waals surface area (Å²) in [5, 5.41) is 2.52. The highest BCUT2D eigenvalue weighted by Gasteiger charge is 2.08. The highest BCUT2D eigenvalue weighted by molar-refractivity contribution is 9.10. The second kappa shape index (κ2) is 9.72. The summed E-state index contributed by atoms with van der Waals surface area (Å²) in [6, 6.07) is 16.3. The molecule has 24 heavy (non-hydrogen) atoms. The maximum atomic E-state index is 11.8. The fourth-order valence-electron chi connectivity index (χ4n) is 1.86. The zero-order valence-electron chi connectivity index (χ0n) is 13.0. The van der Waals surface area contributed by atoms with Crippen LogP contribution in [-0.4, -0.2) is 31.6 Å². The molecule has 0 aliphatic heterocycles. The first-order valence-electron chi connectivity index (χ1n) is 7.52. The number of nitrogens with one attached hydrogen (secondary N) is 1. The molecule has 0 spiro atoms. The summed E-state index contributed by atoms with van der Waals surface area (Å²) in [5.74, 6) is -0.00220. The SMILES string of the molecule is O=C(CNC(=O)c1ccc(Br)cc1)OCCCOc1ccccc1. The van der Waals surface area contributed by atoms with Crippen LogP contribution in [0, 0.1) is 0 Å².